The Morgan fingerprint density at radius 3 is 2.26 bits per heavy atom. The minimum absolute atomic E-state index is 0.0762. The predicted molar refractivity (Wildman–Crippen MR) is 141 cm³/mol. The Bertz CT molecular complexity index is 1350. The Morgan fingerprint density at radius 1 is 0.974 bits per heavy atom. The molecule has 3 aliphatic rings. The molecule has 5 nitrogen and oxygen atoms in total. The number of thiocarbonyl (C=S) groups is 1. The quantitative estimate of drug-likeness (QED) is 0.230. The van der Waals surface area contributed by atoms with E-state index < -0.39 is 35.2 Å². The molecule has 5 unspecified atom stereocenters. The van der Waals surface area contributed by atoms with E-state index in [4.69, 9.17) is 12.2 Å². The third-order valence-corrected chi connectivity index (χ3v) is 7.48. The fourth-order valence-electron chi connectivity index (χ4n) is 5.40. The highest BCUT2D eigenvalue weighted by atomic mass is 32.1. The van der Waals surface area contributed by atoms with Crippen LogP contribution in [0.4, 0.5) is 32.0 Å². The predicted octanol–water partition coefficient (Wildman–Crippen LogP) is 5.85. The smallest absolute Gasteiger partial charge is 0.354 e. The number of fused-ring (bicyclic) bond motifs is 4. The molecule has 39 heavy (non-hydrogen) atoms. The normalized spacial score (nSPS) is 23.8. The number of benzene rings is 2. The number of pyridine rings is 1. The van der Waals surface area contributed by atoms with E-state index in [0.717, 1.165) is 36.1 Å². The highest BCUT2D eigenvalue weighted by Gasteiger charge is 2.42. The van der Waals surface area contributed by atoms with Gasteiger partial charge in [-0.3, -0.25) is 14.8 Å². The van der Waals surface area contributed by atoms with Crippen LogP contribution in [0.5, 0.6) is 0 Å². The monoisotopic (exact) mass is 565 g/mol. The lowest BCUT2D eigenvalue weighted by Gasteiger charge is -2.53. The minimum Gasteiger partial charge on any atom is -0.354 e. The molecule has 0 amide bonds. The maximum atomic E-state index is 13.4. The molecule has 3 aromatic rings. The van der Waals surface area contributed by atoms with Gasteiger partial charge in [0.25, 0.3) is 0 Å². The van der Waals surface area contributed by atoms with Crippen LogP contribution in [-0.2, 0) is 12.4 Å². The Morgan fingerprint density at radius 2 is 1.64 bits per heavy atom. The number of hydrogen-bond donors (Lipinski definition) is 2. The first-order valence-electron chi connectivity index (χ1n) is 12.3. The fraction of sp³-hybridized carbons (Fsp3) is 0.333. The highest BCUT2D eigenvalue weighted by molar-refractivity contribution is 7.80. The lowest BCUT2D eigenvalue weighted by atomic mass is 9.90. The van der Waals surface area contributed by atoms with Crippen molar-refractivity contribution >= 4 is 33.9 Å². The summed E-state index contributed by atoms with van der Waals surface area (Å²) in [6, 6.07) is 10.4. The molecule has 0 radical (unpaired) electrons. The van der Waals surface area contributed by atoms with E-state index in [0.29, 0.717) is 18.7 Å². The van der Waals surface area contributed by atoms with Crippen LogP contribution in [0.1, 0.15) is 22.7 Å². The van der Waals surface area contributed by atoms with E-state index in [1.54, 1.807) is 6.20 Å². The molecule has 0 aliphatic carbocycles. The molecular formula is C27H25F6N5S. The molecule has 2 aromatic carbocycles. The van der Waals surface area contributed by atoms with Crippen LogP contribution in [-0.4, -0.2) is 58.2 Å². The zero-order chi connectivity index (χ0) is 27.9. The molecule has 2 bridgehead atoms. The van der Waals surface area contributed by atoms with Crippen LogP contribution in [0.15, 0.2) is 67.4 Å². The molecule has 12 heteroatoms. The van der Waals surface area contributed by atoms with Crippen LogP contribution in [0, 0.1) is 0 Å². The average molecular weight is 566 g/mol. The number of rotatable bonds is 5. The number of para-hydroxylation sites is 1. The van der Waals surface area contributed by atoms with E-state index in [1.165, 1.54) is 0 Å². The van der Waals surface area contributed by atoms with Crippen molar-refractivity contribution in [1.29, 1.82) is 0 Å². The van der Waals surface area contributed by atoms with Gasteiger partial charge in [0, 0.05) is 55.5 Å². The molecule has 206 valence electrons. The number of piperazine rings is 3. The summed E-state index contributed by atoms with van der Waals surface area (Å²) in [5.74, 6) is 0. The first-order chi connectivity index (χ1) is 18.4. The summed E-state index contributed by atoms with van der Waals surface area (Å²) < 4.78 is 80.3. The number of anilines is 1. The minimum atomic E-state index is -4.96. The lowest BCUT2D eigenvalue weighted by Crippen LogP contribution is -2.67. The van der Waals surface area contributed by atoms with Crippen molar-refractivity contribution < 1.29 is 26.3 Å². The maximum absolute atomic E-state index is 13.4. The summed E-state index contributed by atoms with van der Waals surface area (Å²) in [7, 11) is 0. The Hall–Kier alpha value is -3.22. The molecule has 3 saturated heterocycles. The van der Waals surface area contributed by atoms with Crippen molar-refractivity contribution in [3.05, 3.63) is 84.1 Å². The number of alkyl halides is 6. The summed E-state index contributed by atoms with van der Waals surface area (Å²) in [4.78, 5) is 9.06. The Labute approximate surface area is 226 Å². The standard InChI is InChI=1S/C27H25F6N5S/c1-2-19-14-38-10-9-37(19)15-23(38)24(21-7-8-34-22-6-4-3-5-20(21)22)36-25(39)35-18-12-16(26(28,29)30)11-17(13-18)27(31,32)33/h2-8,11-13,19,23-24H,1,9-10,14-15H2,(H2,35,36,39). The summed E-state index contributed by atoms with van der Waals surface area (Å²) >= 11 is 5.46. The number of nitrogens with one attached hydrogen (secondary N) is 2. The third kappa shape index (κ3) is 5.73. The topological polar surface area (TPSA) is 43.4 Å². The van der Waals surface area contributed by atoms with Gasteiger partial charge in [-0.2, -0.15) is 26.3 Å². The van der Waals surface area contributed by atoms with Crippen molar-refractivity contribution in [2.24, 2.45) is 0 Å². The summed E-state index contributed by atoms with van der Waals surface area (Å²) in [5, 5.41) is 6.57. The molecular weight excluding hydrogens is 540 g/mol. The summed E-state index contributed by atoms with van der Waals surface area (Å²) in [6.45, 7) is 7.03. The van der Waals surface area contributed by atoms with Gasteiger partial charge >= 0.3 is 12.4 Å². The zero-order valence-electron chi connectivity index (χ0n) is 20.6. The number of nitrogens with zero attached hydrogens (tertiary/aromatic N) is 3. The zero-order valence-corrected chi connectivity index (χ0v) is 21.4. The van der Waals surface area contributed by atoms with E-state index in [9.17, 15) is 26.3 Å². The van der Waals surface area contributed by atoms with E-state index in [2.05, 4.69) is 32.0 Å². The molecule has 2 N–H and O–H groups in total. The lowest BCUT2D eigenvalue weighted by molar-refractivity contribution is -0.143. The van der Waals surface area contributed by atoms with Crippen LogP contribution >= 0.6 is 12.2 Å². The van der Waals surface area contributed by atoms with Crippen molar-refractivity contribution in [3.8, 4) is 0 Å². The van der Waals surface area contributed by atoms with Crippen LogP contribution in [0.25, 0.3) is 10.9 Å². The van der Waals surface area contributed by atoms with Gasteiger partial charge in [0.15, 0.2) is 5.11 Å². The molecule has 4 heterocycles. The van der Waals surface area contributed by atoms with E-state index in [1.807, 2.05) is 36.4 Å². The molecule has 0 saturated carbocycles. The van der Waals surface area contributed by atoms with Gasteiger partial charge in [-0.05, 0) is 48.1 Å². The van der Waals surface area contributed by atoms with Crippen LogP contribution in [0.3, 0.4) is 0 Å². The summed E-state index contributed by atoms with van der Waals surface area (Å²) in [6.07, 6.45) is -6.34. The van der Waals surface area contributed by atoms with Gasteiger partial charge in [-0.15, -0.1) is 6.58 Å². The molecule has 6 rings (SSSR count). The van der Waals surface area contributed by atoms with E-state index in [-0.39, 0.29) is 23.3 Å². The molecule has 1 aromatic heterocycles. The van der Waals surface area contributed by atoms with Gasteiger partial charge in [-0.1, -0.05) is 24.3 Å². The van der Waals surface area contributed by atoms with Gasteiger partial charge in [0.05, 0.1) is 22.7 Å². The van der Waals surface area contributed by atoms with Gasteiger partial charge in [0.1, 0.15) is 0 Å². The Balaban J connectivity index is 1.48. The number of aromatic nitrogens is 1. The van der Waals surface area contributed by atoms with Crippen molar-refractivity contribution in [1.82, 2.24) is 20.1 Å². The highest BCUT2D eigenvalue weighted by Crippen LogP contribution is 2.38. The van der Waals surface area contributed by atoms with Crippen molar-refractivity contribution in [2.45, 2.75) is 30.5 Å². The first-order valence-corrected chi connectivity index (χ1v) is 12.7. The SMILES string of the molecule is C=CC1CN2CCN1CC2C(NC(=S)Nc1cc(C(F)(F)F)cc(C(F)(F)F)c1)c1ccnc2ccccc12. The van der Waals surface area contributed by atoms with Crippen LogP contribution < -0.4 is 10.6 Å². The maximum Gasteiger partial charge on any atom is 0.416 e. The van der Waals surface area contributed by atoms with Gasteiger partial charge < -0.3 is 10.6 Å². The second-order valence-corrected chi connectivity index (χ2v) is 10.1. The fourth-order valence-corrected chi connectivity index (χ4v) is 5.64. The first kappa shape index (κ1) is 27.4. The molecule has 3 fully saturated rings. The number of halogens is 6. The second kappa shape index (κ2) is 10.4. The van der Waals surface area contributed by atoms with Gasteiger partial charge in [-0.25, -0.2) is 0 Å². The number of hydrogen-bond acceptors (Lipinski definition) is 4. The molecule has 0 spiro atoms. The van der Waals surface area contributed by atoms with E-state index >= 15 is 0 Å². The second-order valence-electron chi connectivity index (χ2n) is 9.65. The summed E-state index contributed by atoms with van der Waals surface area (Å²) in [5.41, 5.74) is -1.61. The molecule has 3 aliphatic heterocycles. The third-order valence-electron chi connectivity index (χ3n) is 7.26. The Kier molecular flexibility index (Phi) is 7.29. The van der Waals surface area contributed by atoms with Crippen molar-refractivity contribution in [2.75, 3.05) is 31.5 Å². The van der Waals surface area contributed by atoms with Crippen LogP contribution in [0.2, 0.25) is 0 Å². The largest absolute Gasteiger partial charge is 0.416 e. The van der Waals surface area contributed by atoms with Gasteiger partial charge in [0.2, 0.25) is 0 Å². The van der Waals surface area contributed by atoms with Crippen molar-refractivity contribution in [3.63, 3.8) is 0 Å². The molecule has 5 atom stereocenters. The average Bonchev–Trinajstić information content (AvgIpc) is 2.90.